The minimum atomic E-state index is -3.05. The fourth-order valence-electron chi connectivity index (χ4n) is 4.33. The summed E-state index contributed by atoms with van der Waals surface area (Å²) in [6.45, 7) is 4.69. The first-order valence-corrected chi connectivity index (χ1v) is 13.7. The number of halogens is 2. The van der Waals surface area contributed by atoms with E-state index in [-0.39, 0.29) is 41.4 Å². The fraction of sp³-hybridized carbons (Fsp3) is 0.571. The number of likely N-dealkylation sites (tertiary alicyclic amines) is 1. The molecule has 1 saturated heterocycles. The van der Waals surface area contributed by atoms with Crippen LogP contribution in [0.3, 0.4) is 0 Å². The molecule has 2 heterocycles. The Morgan fingerprint density at radius 3 is 2.55 bits per heavy atom. The maximum absolute atomic E-state index is 13.4. The first-order valence-electron chi connectivity index (χ1n) is 13.7. The lowest BCUT2D eigenvalue weighted by atomic mass is 10.2. The number of nitrogens with zero attached hydrogens (tertiary/aromatic N) is 2. The van der Waals surface area contributed by atoms with Crippen molar-refractivity contribution in [1.82, 2.24) is 20.5 Å². The van der Waals surface area contributed by atoms with Crippen LogP contribution >= 0.6 is 0 Å². The first kappa shape index (κ1) is 30.8. The molecule has 2 aromatic rings. The van der Waals surface area contributed by atoms with Crippen LogP contribution in [0, 0.1) is 5.92 Å². The molecule has 1 aliphatic heterocycles. The topological polar surface area (TPSA) is 141 Å². The lowest BCUT2D eigenvalue weighted by molar-refractivity contribution is -0.0515. The van der Waals surface area contributed by atoms with E-state index in [1.165, 1.54) is 30.2 Å². The Morgan fingerprint density at radius 1 is 1.17 bits per heavy atom. The van der Waals surface area contributed by atoms with E-state index < -0.39 is 36.3 Å². The van der Waals surface area contributed by atoms with Gasteiger partial charge in [0.05, 0.1) is 19.8 Å². The average molecular weight is 595 g/mol. The van der Waals surface area contributed by atoms with Gasteiger partial charge in [-0.15, -0.1) is 0 Å². The quantitative estimate of drug-likeness (QED) is 0.393. The number of aromatic nitrogens is 1. The van der Waals surface area contributed by atoms with Crippen LogP contribution in [0.5, 0.6) is 11.5 Å². The molecule has 0 bridgehead atoms. The standard InChI is InChI=1S/C28H36F2N4O8/c1-15(31-26(36)42-28(2,3)4)22-21(23(35)32-18-10-11-34(13-18)27(37)38-5)33-24(41-22)17-8-9-19(40-25(29)30)20(12-17)39-14-16-6-7-16/h8-9,12,15-16,18,25H,6-7,10-11,13-14H2,1-5H3,(H,31,36)(H,32,35)/t15-,18?/m0/s1. The summed E-state index contributed by atoms with van der Waals surface area (Å²) in [5.41, 5.74) is -0.521. The van der Waals surface area contributed by atoms with Crippen LogP contribution in [0.1, 0.15) is 69.2 Å². The zero-order valence-electron chi connectivity index (χ0n) is 24.2. The van der Waals surface area contributed by atoms with E-state index in [0.29, 0.717) is 31.1 Å². The van der Waals surface area contributed by atoms with Gasteiger partial charge in [0.1, 0.15) is 5.60 Å². The number of alkyl halides is 2. The van der Waals surface area contributed by atoms with Crippen molar-refractivity contribution in [3.63, 3.8) is 0 Å². The summed E-state index contributed by atoms with van der Waals surface area (Å²) >= 11 is 0. The van der Waals surface area contributed by atoms with Gasteiger partial charge in [0.25, 0.3) is 5.91 Å². The van der Waals surface area contributed by atoms with E-state index >= 15 is 0 Å². The van der Waals surface area contributed by atoms with Crippen molar-refractivity contribution >= 4 is 18.1 Å². The molecule has 1 aromatic heterocycles. The highest BCUT2D eigenvalue weighted by atomic mass is 19.3. The molecular weight excluding hydrogens is 558 g/mol. The molecule has 3 amide bonds. The third-order valence-corrected chi connectivity index (χ3v) is 6.53. The third kappa shape index (κ3) is 8.23. The van der Waals surface area contributed by atoms with Gasteiger partial charge in [-0.05, 0) is 71.1 Å². The van der Waals surface area contributed by atoms with Gasteiger partial charge in [-0.1, -0.05) is 0 Å². The van der Waals surface area contributed by atoms with Crippen LogP contribution in [-0.2, 0) is 9.47 Å². The highest BCUT2D eigenvalue weighted by Crippen LogP contribution is 2.37. The second-order valence-electron chi connectivity index (χ2n) is 11.3. The Balaban J connectivity index is 1.62. The predicted octanol–water partition coefficient (Wildman–Crippen LogP) is 4.89. The lowest BCUT2D eigenvalue weighted by Crippen LogP contribution is -2.39. The number of methoxy groups -OCH3 is 1. The second kappa shape index (κ2) is 12.8. The summed E-state index contributed by atoms with van der Waals surface area (Å²) < 4.78 is 52.5. The van der Waals surface area contributed by atoms with Gasteiger partial charge in [-0.2, -0.15) is 8.78 Å². The number of ether oxygens (including phenoxy) is 4. The number of hydrogen-bond acceptors (Lipinski definition) is 9. The van der Waals surface area contributed by atoms with Crippen LogP contribution in [-0.4, -0.2) is 73.0 Å². The minimum Gasteiger partial charge on any atom is -0.489 e. The van der Waals surface area contributed by atoms with Gasteiger partial charge in [-0.3, -0.25) is 4.79 Å². The van der Waals surface area contributed by atoms with Crippen molar-refractivity contribution < 1.29 is 46.5 Å². The normalized spacial score (nSPS) is 17.5. The number of oxazole rings is 1. The Morgan fingerprint density at radius 2 is 1.90 bits per heavy atom. The number of nitrogens with one attached hydrogen (secondary N) is 2. The fourth-order valence-corrected chi connectivity index (χ4v) is 4.33. The monoisotopic (exact) mass is 594 g/mol. The highest BCUT2D eigenvalue weighted by molar-refractivity contribution is 5.94. The molecule has 4 rings (SSSR count). The average Bonchev–Trinajstić information content (AvgIpc) is 3.43. The summed E-state index contributed by atoms with van der Waals surface area (Å²) in [7, 11) is 1.28. The lowest BCUT2D eigenvalue weighted by Gasteiger charge is -2.21. The molecule has 1 aliphatic carbocycles. The largest absolute Gasteiger partial charge is 0.489 e. The maximum Gasteiger partial charge on any atom is 0.409 e. The SMILES string of the molecule is COC(=O)N1CCC(NC(=O)c2nc(-c3ccc(OC(F)F)c(OCC4CC4)c3)oc2[C@H](C)NC(=O)OC(C)(C)C)C1. The van der Waals surface area contributed by atoms with E-state index in [9.17, 15) is 23.2 Å². The number of rotatable bonds is 10. The van der Waals surface area contributed by atoms with Crippen molar-refractivity contribution in [3.05, 3.63) is 29.7 Å². The van der Waals surface area contributed by atoms with Crippen LogP contribution in [0.4, 0.5) is 18.4 Å². The molecule has 2 aliphatic rings. The Bertz CT molecular complexity index is 1290. The van der Waals surface area contributed by atoms with Gasteiger partial charge < -0.3 is 38.9 Å². The molecule has 1 aromatic carbocycles. The van der Waals surface area contributed by atoms with Gasteiger partial charge in [0.15, 0.2) is 23.0 Å². The Labute approximate surface area is 242 Å². The van der Waals surface area contributed by atoms with Crippen LogP contribution < -0.4 is 20.1 Å². The smallest absolute Gasteiger partial charge is 0.409 e. The highest BCUT2D eigenvalue weighted by Gasteiger charge is 2.32. The number of carbonyl (C=O) groups is 3. The van der Waals surface area contributed by atoms with Crippen molar-refractivity contribution in [2.45, 2.75) is 71.3 Å². The summed E-state index contributed by atoms with van der Waals surface area (Å²) in [6.07, 6.45) is 1.26. The van der Waals surface area contributed by atoms with Crippen molar-refractivity contribution in [3.8, 4) is 23.0 Å². The number of alkyl carbamates (subject to hydrolysis) is 1. The van der Waals surface area contributed by atoms with Crippen molar-refractivity contribution in [2.24, 2.45) is 5.92 Å². The Kier molecular flexibility index (Phi) is 9.42. The van der Waals surface area contributed by atoms with Gasteiger partial charge in [0, 0.05) is 24.7 Å². The first-order chi connectivity index (χ1) is 19.8. The molecule has 0 radical (unpaired) electrons. The number of benzene rings is 1. The molecule has 0 spiro atoms. The summed E-state index contributed by atoms with van der Waals surface area (Å²) in [6, 6.07) is 3.01. The third-order valence-electron chi connectivity index (χ3n) is 6.53. The number of hydrogen-bond donors (Lipinski definition) is 2. The van der Waals surface area contributed by atoms with Crippen molar-refractivity contribution in [2.75, 3.05) is 26.8 Å². The van der Waals surface area contributed by atoms with Gasteiger partial charge in [-0.25, -0.2) is 14.6 Å². The second-order valence-corrected chi connectivity index (χ2v) is 11.3. The molecule has 2 atom stereocenters. The molecule has 14 heteroatoms. The molecule has 2 fully saturated rings. The van der Waals surface area contributed by atoms with E-state index in [2.05, 4.69) is 20.4 Å². The summed E-state index contributed by atoms with van der Waals surface area (Å²) in [5.74, 6) is -0.255. The van der Waals surface area contributed by atoms with Crippen LogP contribution in [0.15, 0.2) is 22.6 Å². The van der Waals surface area contributed by atoms with Crippen molar-refractivity contribution in [1.29, 1.82) is 0 Å². The number of carbonyl (C=O) groups excluding carboxylic acids is 3. The maximum atomic E-state index is 13.4. The van der Waals surface area contributed by atoms with Gasteiger partial charge >= 0.3 is 18.8 Å². The molecule has 1 unspecified atom stereocenters. The van der Waals surface area contributed by atoms with Crippen LogP contribution in [0.25, 0.3) is 11.5 Å². The molecule has 1 saturated carbocycles. The van der Waals surface area contributed by atoms with E-state index in [1.807, 2.05) is 0 Å². The predicted molar refractivity (Wildman–Crippen MR) is 144 cm³/mol. The van der Waals surface area contributed by atoms with Crippen LogP contribution in [0.2, 0.25) is 0 Å². The van der Waals surface area contributed by atoms with E-state index in [0.717, 1.165) is 12.8 Å². The van der Waals surface area contributed by atoms with Gasteiger partial charge in [0.2, 0.25) is 5.89 Å². The van der Waals surface area contributed by atoms with E-state index in [1.54, 1.807) is 27.7 Å². The zero-order chi connectivity index (χ0) is 30.6. The summed E-state index contributed by atoms with van der Waals surface area (Å²) in [4.78, 5) is 43.6. The number of amides is 3. The molecule has 12 nitrogen and oxygen atoms in total. The molecule has 42 heavy (non-hydrogen) atoms. The summed E-state index contributed by atoms with van der Waals surface area (Å²) in [5, 5.41) is 5.50. The molecule has 2 N–H and O–H groups in total. The van der Waals surface area contributed by atoms with E-state index in [4.69, 9.17) is 18.6 Å². The molecular formula is C28H36F2N4O8. The zero-order valence-corrected chi connectivity index (χ0v) is 24.2. The Hall–Kier alpha value is -4.10. The molecule has 230 valence electrons. The minimum absolute atomic E-state index is 0.00420.